The fourth-order valence-electron chi connectivity index (χ4n) is 0.663. The monoisotopic (exact) mass is 201 g/mol. The van der Waals surface area contributed by atoms with E-state index < -0.39 is 11.5 Å². The molecule has 4 nitrogen and oxygen atoms in total. The maximum Gasteiger partial charge on any atom is 0.407 e. The standard InChI is InChI=1S/C10H19NO3/c1-5-6-14-9(13)11-7-10(3,4)8(2)12/h5-7H2,1-4H3,(H,11,13). The van der Waals surface area contributed by atoms with Gasteiger partial charge in [0.15, 0.2) is 0 Å². The number of ketones is 1. The van der Waals surface area contributed by atoms with Gasteiger partial charge in [-0.3, -0.25) is 4.79 Å². The molecule has 0 fully saturated rings. The molecule has 0 radical (unpaired) electrons. The minimum absolute atomic E-state index is 0.0493. The normalized spacial score (nSPS) is 10.9. The average molecular weight is 201 g/mol. The van der Waals surface area contributed by atoms with Gasteiger partial charge in [0.2, 0.25) is 0 Å². The zero-order valence-corrected chi connectivity index (χ0v) is 9.35. The lowest BCUT2D eigenvalue weighted by molar-refractivity contribution is -0.124. The summed E-state index contributed by atoms with van der Waals surface area (Å²) in [6, 6.07) is 0. The Morgan fingerprint density at radius 3 is 2.36 bits per heavy atom. The van der Waals surface area contributed by atoms with Crippen molar-refractivity contribution in [1.82, 2.24) is 5.32 Å². The first-order valence-corrected chi connectivity index (χ1v) is 4.82. The van der Waals surface area contributed by atoms with E-state index in [1.165, 1.54) is 6.92 Å². The molecular formula is C10H19NO3. The number of carbonyl (C=O) groups excluding carboxylic acids is 2. The molecule has 0 aromatic heterocycles. The van der Waals surface area contributed by atoms with Gasteiger partial charge in [-0.2, -0.15) is 0 Å². The summed E-state index contributed by atoms with van der Waals surface area (Å²) in [4.78, 5) is 22.1. The second kappa shape index (κ2) is 5.62. The van der Waals surface area contributed by atoms with E-state index in [1.54, 1.807) is 13.8 Å². The quantitative estimate of drug-likeness (QED) is 0.737. The van der Waals surface area contributed by atoms with Gasteiger partial charge in [0, 0.05) is 12.0 Å². The van der Waals surface area contributed by atoms with Crippen LogP contribution in [0.15, 0.2) is 0 Å². The Morgan fingerprint density at radius 1 is 1.36 bits per heavy atom. The van der Waals surface area contributed by atoms with Gasteiger partial charge in [-0.15, -0.1) is 0 Å². The highest BCUT2D eigenvalue weighted by Crippen LogP contribution is 2.14. The molecule has 0 rings (SSSR count). The van der Waals surface area contributed by atoms with E-state index in [2.05, 4.69) is 5.32 Å². The van der Waals surface area contributed by atoms with Crippen LogP contribution in [0.3, 0.4) is 0 Å². The average Bonchev–Trinajstić information content (AvgIpc) is 2.11. The zero-order chi connectivity index (χ0) is 11.2. The maximum absolute atomic E-state index is 11.1. The molecule has 14 heavy (non-hydrogen) atoms. The second-order valence-electron chi connectivity index (χ2n) is 3.93. The second-order valence-corrected chi connectivity index (χ2v) is 3.93. The minimum Gasteiger partial charge on any atom is -0.450 e. The number of hydrogen-bond acceptors (Lipinski definition) is 3. The lowest BCUT2D eigenvalue weighted by Gasteiger charge is -2.20. The third-order valence-corrected chi connectivity index (χ3v) is 2.07. The Labute approximate surface area is 85.0 Å². The van der Waals surface area contributed by atoms with Gasteiger partial charge in [0.25, 0.3) is 0 Å². The van der Waals surface area contributed by atoms with Crippen LogP contribution in [-0.2, 0) is 9.53 Å². The molecule has 0 spiro atoms. The first-order chi connectivity index (χ1) is 6.40. The summed E-state index contributed by atoms with van der Waals surface area (Å²) >= 11 is 0. The maximum atomic E-state index is 11.1. The molecule has 1 N–H and O–H groups in total. The molecule has 0 atom stereocenters. The van der Waals surface area contributed by atoms with Crippen LogP contribution < -0.4 is 5.32 Å². The van der Waals surface area contributed by atoms with E-state index >= 15 is 0 Å². The fourth-order valence-corrected chi connectivity index (χ4v) is 0.663. The molecular weight excluding hydrogens is 182 g/mol. The van der Waals surface area contributed by atoms with Crippen LogP contribution in [0.1, 0.15) is 34.1 Å². The molecule has 0 aromatic carbocycles. The van der Waals surface area contributed by atoms with E-state index in [4.69, 9.17) is 4.74 Å². The summed E-state index contributed by atoms with van der Waals surface area (Å²) < 4.78 is 4.80. The number of ether oxygens (including phenoxy) is 1. The van der Waals surface area contributed by atoms with Gasteiger partial charge in [-0.05, 0) is 13.3 Å². The van der Waals surface area contributed by atoms with Crippen molar-refractivity contribution in [2.24, 2.45) is 5.41 Å². The highest BCUT2D eigenvalue weighted by atomic mass is 16.5. The summed E-state index contributed by atoms with van der Waals surface area (Å²) in [6.07, 6.45) is 0.338. The summed E-state index contributed by atoms with van der Waals surface area (Å²) in [6.45, 7) is 7.73. The zero-order valence-electron chi connectivity index (χ0n) is 9.35. The van der Waals surface area contributed by atoms with Crippen molar-refractivity contribution in [1.29, 1.82) is 0 Å². The summed E-state index contributed by atoms with van der Waals surface area (Å²) in [5.41, 5.74) is -0.523. The SMILES string of the molecule is CCCOC(=O)NCC(C)(C)C(C)=O. The van der Waals surface area contributed by atoms with Crippen LogP contribution >= 0.6 is 0 Å². The van der Waals surface area contributed by atoms with Crippen LogP contribution in [0, 0.1) is 5.41 Å². The molecule has 0 aromatic rings. The largest absolute Gasteiger partial charge is 0.450 e. The van der Waals surface area contributed by atoms with E-state index in [0.29, 0.717) is 13.2 Å². The van der Waals surface area contributed by atoms with Crippen LogP contribution in [0.25, 0.3) is 0 Å². The van der Waals surface area contributed by atoms with Crippen molar-refractivity contribution >= 4 is 11.9 Å². The van der Waals surface area contributed by atoms with Crippen LogP contribution in [0.5, 0.6) is 0 Å². The summed E-state index contributed by atoms with van der Waals surface area (Å²) in [7, 11) is 0. The van der Waals surface area contributed by atoms with Crippen LogP contribution in [-0.4, -0.2) is 25.0 Å². The van der Waals surface area contributed by atoms with Gasteiger partial charge in [0.1, 0.15) is 5.78 Å². The molecule has 0 saturated heterocycles. The van der Waals surface area contributed by atoms with Crippen molar-refractivity contribution in [3.8, 4) is 0 Å². The Hall–Kier alpha value is -1.06. The van der Waals surface area contributed by atoms with Crippen molar-refractivity contribution < 1.29 is 14.3 Å². The molecule has 0 heterocycles. The van der Waals surface area contributed by atoms with E-state index in [-0.39, 0.29) is 5.78 Å². The minimum atomic E-state index is -0.523. The fraction of sp³-hybridized carbons (Fsp3) is 0.800. The number of hydrogen-bond donors (Lipinski definition) is 1. The molecule has 1 amide bonds. The van der Waals surface area contributed by atoms with Crippen LogP contribution in [0.2, 0.25) is 0 Å². The van der Waals surface area contributed by atoms with Gasteiger partial charge in [0.05, 0.1) is 6.61 Å². The number of alkyl carbamates (subject to hydrolysis) is 1. The van der Waals surface area contributed by atoms with Gasteiger partial charge >= 0.3 is 6.09 Å². The number of amides is 1. The predicted octanol–water partition coefficient (Wildman–Crippen LogP) is 1.74. The van der Waals surface area contributed by atoms with Gasteiger partial charge in [-0.25, -0.2) is 4.79 Å². The highest BCUT2D eigenvalue weighted by molar-refractivity contribution is 5.82. The Balaban J connectivity index is 3.82. The predicted molar refractivity (Wildman–Crippen MR) is 54.1 cm³/mol. The molecule has 0 aliphatic rings. The summed E-state index contributed by atoms with van der Waals surface area (Å²) in [5.74, 6) is 0.0493. The Bertz CT molecular complexity index is 211. The molecule has 0 saturated carbocycles. The third kappa shape index (κ3) is 4.84. The number of Topliss-reactive ketones (excluding diaryl/α,β-unsaturated/α-hetero) is 1. The van der Waals surface area contributed by atoms with Crippen molar-refractivity contribution in [2.45, 2.75) is 34.1 Å². The van der Waals surface area contributed by atoms with Crippen molar-refractivity contribution in [2.75, 3.05) is 13.2 Å². The Morgan fingerprint density at radius 2 is 1.93 bits per heavy atom. The number of rotatable bonds is 5. The topological polar surface area (TPSA) is 55.4 Å². The lowest BCUT2D eigenvalue weighted by Crippen LogP contribution is -2.38. The van der Waals surface area contributed by atoms with E-state index in [1.807, 2.05) is 6.92 Å². The third-order valence-electron chi connectivity index (χ3n) is 2.07. The molecule has 82 valence electrons. The highest BCUT2D eigenvalue weighted by Gasteiger charge is 2.24. The number of nitrogens with one attached hydrogen (secondary N) is 1. The summed E-state index contributed by atoms with van der Waals surface area (Å²) in [5, 5.41) is 2.56. The lowest BCUT2D eigenvalue weighted by atomic mass is 9.89. The molecule has 0 unspecified atom stereocenters. The van der Waals surface area contributed by atoms with E-state index in [0.717, 1.165) is 6.42 Å². The Kier molecular flexibility index (Phi) is 5.20. The molecule has 0 aliphatic heterocycles. The molecule has 4 heteroatoms. The van der Waals surface area contributed by atoms with Crippen LogP contribution in [0.4, 0.5) is 4.79 Å². The first-order valence-electron chi connectivity index (χ1n) is 4.82. The smallest absolute Gasteiger partial charge is 0.407 e. The van der Waals surface area contributed by atoms with Gasteiger partial charge < -0.3 is 10.1 Å². The first kappa shape index (κ1) is 12.9. The number of carbonyl (C=O) groups is 2. The van der Waals surface area contributed by atoms with Gasteiger partial charge in [-0.1, -0.05) is 20.8 Å². The molecule has 0 aliphatic carbocycles. The van der Waals surface area contributed by atoms with Crippen molar-refractivity contribution in [3.63, 3.8) is 0 Å². The van der Waals surface area contributed by atoms with E-state index in [9.17, 15) is 9.59 Å². The van der Waals surface area contributed by atoms with Crippen molar-refractivity contribution in [3.05, 3.63) is 0 Å². The molecule has 0 bridgehead atoms.